The van der Waals surface area contributed by atoms with E-state index in [1.165, 1.54) is 6.20 Å². The molecule has 2 saturated heterocycles. The number of anilines is 1. The van der Waals surface area contributed by atoms with Crippen LogP contribution < -0.4 is 4.90 Å². The monoisotopic (exact) mass is 319 g/mol. The fourth-order valence-electron chi connectivity index (χ4n) is 3.04. The standard InChI is InChI=1S/C15H21N5O3/c1-18-6-7-20(10-12(18)15(22)23)13-9-16-8-11(17-13)14(21)19-4-2-3-5-19/h8-9,12H,2-7,10H2,1H3,(H,22,23)/t12-/m0/s1. The summed E-state index contributed by atoms with van der Waals surface area (Å²) in [6.07, 6.45) is 5.12. The topological polar surface area (TPSA) is 89.9 Å². The molecule has 124 valence electrons. The van der Waals surface area contributed by atoms with E-state index in [1.54, 1.807) is 18.1 Å². The summed E-state index contributed by atoms with van der Waals surface area (Å²) in [6, 6.07) is -0.580. The lowest BCUT2D eigenvalue weighted by atomic mass is 10.2. The average Bonchev–Trinajstić information content (AvgIpc) is 3.09. The summed E-state index contributed by atoms with van der Waals surface area (Å²) in [5, 5.41) is 9.29. The summed E-state index contributed by atoms with van der Waals surface area (Å²) >= 11 is 0. The molecule has 0 aliphatic carbocycles. The Morgan fingerprint density at radius 1 is 1.17 bits per heavy atom. The van der Waals surface area contributed by atoms with Crippen molar-refractivity contribution in [2.75, 3.05) is 44.7 Å². The Labute approximate surface area is 134 Å². The van der Waals surface area contributed by atoms with Gasteiger partial charge in [0.25, 0.3) is 5.91 Å². The number of likely N-dealkylation sites (N-methyl/N-ethyl adjacent to an activating group) is 1. The summed E-state index contributed by atoms with van der Waals surface area (Å²) in [7, 11) is 1.80. The van der Waals surface area contributed by atoms with Crippen LogP contribution in [0.1, 0.15) is 23.3 Å². The van der Waals surface area contributed by atoms with Crippen LogP contribution in [0.5, 0.6) is 0 Å². The number of hydrogen-bond donors (Lipinski definition) is 1. The van der Waals surface area contributed by atoms with Gasteiger partial charge in [0, 0.05) is 32.7 Å². The molecule has 8 heteroatoms. The van der Waals surface area contributed by atoms with Crippen molar-refractivity contribution >= 4 is 17.7 Å². The van der Waals surface area contributed by atoms with Crippen molar-refractivity contribution in [3.63, 3.8) is 0 Å². The molecule has 0 aromatic carbocycles. The normalized spacial score (nSPS) is 22.4. The quantitative estimate of drug-likeness (QED) is 0.833. The lowest BCUT2D eigenvalue weighted by Gasteiger charge is -2.37. The van der Waals surface area contributed by atoms with E-state index in [-0.39, 0.29) is 5.91 Å². The van der Waals surface area contributed by atoms with E-state index < -0.39 is 12.0 Å². The summed E-state index contributed by atoms with van der Waals surface area (Å²) in [5.74, 6) is -0.385. The minimum Gasteiger partial charge on any atom is -0.480 e. The summed E-state index contributed by atoms with van der Waals surface area (Å²) < 4.78 is 0. The van der Waals surface area contributed by atoms with E-state index in [0.717, 1.165) is 25.9 Å². The Morgan fingerprint density at radius 2 is 1.91 bits per heavy atom. The molecule has 0 bridgehead atoms. The van der Waals surface area contributed by atoms with Gasteiger partial charge in [0.1, 0.15) is 17.6 Å². The van der Waals surface area contributed by atoms with Gasteiger partial charge in [-0.05, 0) is 19.9 Å². The first-order valence-corrected chi connectivity index (χ1v) is 7.85. The van der Waals surface area contributed by atoms with E-state index in [9.17, 15) is 14.7 Å². The number of aromatic nitrogens is 2. The molecule has 1 atom stereocenters. The van der Waals surface area contributed by atoms with Crippen LogP contribution in [0.2, 0.25) is 0 Å². The van der Waals surface area contributed by atoms with Crippen LogP contribution in [0.4, 0.5) is 5.82 Å². The highest BCUT2D eigenvalue weighted by atomic mass is 16.4. The van der Waals surface area contributed by atoms with Crippen molar-refractivity contribution in [1.29, 1.82) is 0 Å². The van der Waals surface area contributed by atoms with Crippen LogP contribution in [0.25, 0.3) is 0 Å². The number of piperazine rings is 1. The molecule has 0 radical (unpaired) electrons. The van der Waals surface area contributed by atoms with Crippen LogP contribution >= 0.6 is 0 Å². The third kappa shape index (κ3) is 3.26. The minimum absolute atomic E-state index is 0.0965. The molecule has 2 aliphatic rings. The van der Waals surface area contributed by atoms with E-state index in [4.69, 9.17) is 0 Å². The van der Waals surface area contributed by atoms with Gasteiger partial charge in [-0.15, -0.1) is 0 Å². The molecule has 3 rings (SSSR count). The minimum atomic E-state index is -0.852. The number of rotatable bonds is 3. The van der Waals surface area contributed by atoms with E-state index >= 15 is 0 Å². The van der Waals surface area contributed by atoms with Gasteiger partial charge in [-0.3, -0.25) is 19.5 Å². The van der Waals surface area contributed by atoms with Gasteiger partial charge in [0.15, 0.2) is 0 Å². The largest absolute Gasteiger partial charge is 0.480 e. The molecule has 0 saturated carbocycles. The Balaban J connectivity index is 1.76. The zero-order valence-corrected chi connectivity index (χ0v) is 13.2. The number of nitrogens with zero attached hydrogens (tertiary/aromatic N) is 5. The highest BCUT2D eigenvalue weighted by Crippen LogP contribution is 2.17. The number of carboxylic acids is 1. The number of carbonyl (C=O) groups is 2. The van der Waals surface area contributed by atoms with Gasteiger partial charge in [-0.25, -0.2) is 4.98 Å². The molecule has 0 unspecified atom stereocenters. The lowest BCUT2D eigenvalue weighted by Crippen LogP contribution is -2.55. The van der Waals surface area contributed by atoms with Gasteiger partial charge >= 0.3 is 5.97 Å². The molecule has 2 fully saturated rings. The molecule has 23 heavy (non-hydrogen) atoms. The third-order valence-corrected chi connectivity index (χ3v) is 4.49. The van der Waals surface area contributed by atoms with Crippen LogP contribution in [0.3, 0.4) is 0 Å². The van der Waals surface area contributed by atoms with Crippen LogP contribution in [-0.2, 0) is 4.79 Å². The average molecular weight is 319 g/mol. The van der Waals surface area contributed by atoms with Gasteiger partial charge in [-0.2, -0.15) is 0 Å². The number of aliphatic carboxylic acids is 1. The highest BCUT2D eigenvalue weighted by Gasteiger charge is 2.31. The highest BCUT2D eigenvalue weighted by molar-refractivity contribution is 5.92. The molecular weight excluding hydrogens is 298 g/mol. The van der Waals surface area contributed by atoms with Crippen molar-refractivity contribution in [2.24, 2.45) is 0 Å². The predicted octanol–water partition coefficient (Wildman–Crippen LogP) is -0.0824. The molecule has 3 heterocycles. The first kappa shape index (κ1) is 15.7. The molecule has 1 aromatic rings. The Morgan fingerprint density at radius 3 is 2.61 bits per heavy atom. The third-order valence-electron chi connectivity index (χ3n) is 4.49. The maximum Gasteiger partial charge on any atom is 0.322 e. The maximum absolute atomic E-state index is 12.4. The summed E-state index contributed by atoms with van der Waals surface area (Å²) in [5.41, 5.74) is 0.329. The SMILES string of the molecule is CN1CCN(c2cncc(C(=O)N3CCCC3)n2)C[C@H]1C(=O)O. The van der Waals surface area contributed by atoms with Crippen LogP contribution in [-0.4, -0.2) is 82.6 Å². The van der Waals surface area contributed by atoms with Crippen LogP contribution in [0.15, 0.2) is 12.4 Å². The first-order valence-electron chi connectivity index (χ1n) is 7.85. The Kier molecular flexibility index (Phi) is 4.42. The number of carbonyl (C=O) groups excluding carboxylic acids is 1. The predicted molar refractivity (Wildman–Crippen MR) is 83.4 cm³/mol. The fourth-order valence-corrected chi connectivity index (χ4v) is 3.04. The van der Waals surface area contributed by atoms with Gasteiger partial charge in [0.2, 0.25) is 0 Å². The molecule has 2 aliphatic heterocycles. The van der Waals surface area contributed by atoms with Gasteiger partial charge in [-0.1, -0.05) is 0 Å². The molecular formula is C15H21N5O3. The van der Waals surface area contributed by atoms with Gasteiger partial charge < -0.3 is 14.9 Å². The number of amides is 1. The van der Waals surface area contributed by atoms with E-state index in [2.05, 4.69) is 9.97 Å². The second kappa shape index (κ2) is 6.49. The van der Waals surface area contributed by atoms with Crippen molar-refractivity contribution in [3.8, 4) is 0 Å². The van der Waals surface area contributed by atoms with Crippen molar-refractivity contribution in [2.45, 2.75) is 18.9 Å². The van der Waals surface area contributed by atoms with E-state index in [1.807, 2.05) is 9.80 Å². The van der Waals surface area contributed by atoms with Crippen molar-refractivity contribution in [1.82, 2.24) is 19.8 Å². The van der Waals surface area contributed by atoms with Crippen molar-refractivity contribution in [3.05, 3.63) is 18.1 Å². The fraction of sp³-hybridized carbons (Fsp3) is 0.600. The summed E-state index contributed by atoms with van der Waals surface area (Å²) in [4.78, 5) is 37.8. The second-order valence-corrected chi connectivity index (χ2v) is 6.04. The summed E-state index contributed by atoms with van der Waals surface area (Å²) in [6.45, 7) is 3.15. The smallest absolute Gasteiger partial charge is 0.322 e. The Bertz CT molecular complexity index is 603. The van der Waals surface area contributed by atoms with Crippen molar-refractivity contribution < 1.29 is 14.7 Å². The maximum atomic E-state index is 12.4. The van der Waals surface area contributed by atoms with E-state index in [0.29, 0.717) is 31.1 Å². The zero-order valence-electron chi connectivity index (χ0n) is 13.2. The lowest BCUT2D eigenvalue weighted by molar-refractivity contribution is -0.142. The number of likely N-dealkylation sites (tertiary alicyclic amines) is 1. The van der Waals surface area contributed by atoms with Gasteiger partial charge in [0.05, 0.1) is 12.4 Å². The number of carboxylic acid groups (broad SMARTS) is 1. The first-order chi connectivity index (χ1) is 11.1. The number of hydrogen-bond acceptors (Lipinski definition) is 6. The molecule has 8 nitrogen and oxygen atoms in total. The molecule has 1 N–H and O–H groups in total. The molecule has 1 amide bonds. The molecule has 0 spiro atoms. The second-order valence-electron chi connectivity index (χ2n) is 6.04. The molecule has 1 aromatic heterocycles. The zero-order chi connectivity index (χ0) is 16.4. The van der Waals surface area contributed by atoms with Crippen LogP contribution in [0, 0.1) is 0 Å². The Hall–Kier alpha value is -2.22.